The maximum atomic E-state index is 12.8. The first kappa shape index (κ1) is 19.8. The Hall–Kier alpha value is -2.54. The van der Waals surface area contributed by atoms with E-state index in [9.17, 15) is 9.59 Å². The first-order valence-corrected chi connectivity index (χ1v) is 10.6. The summed E-state index contributed by atoms with van der Waals surface area (Å²) in [6.07, 6.45) is 9.10. The number of carbonyl (C=O) groups excluding carboxylic acids is 2. The number of rotatable bonds is 3. The zero-order valence-corrected chi connectivity index (χ0v) is 17.1. The van der Waals surface area contributed by atoms with Gasteiger partial charge in [0.2, 0.25) is 0 Å². The van der Waals surface area contributed by atoms with E-state index in [-0.39, 0.29) is 11.9 Å². The number of aromatic nitrogens is 2. The van der Waals surface area contributed by atoms with Gasteiger partial charge in [-0.1, -0.05) is 30.9 Å². The molecule has 1 saturated carbocycles. The van der Waals surface area contributed by atoms with E-state index < -0.39 is 0 Å². The molecule has 2 fully saturated rings. The van der Waals surface area contributed by atoms with Crippen LogP contribution in [0.4, 0.5) is 4.79 Å². The van der Waals surface area contributed by atoms with Gasteiger partial charge >= 0.3 is 6.03 Å². The average Bonchev–Trinajstić information content (AvgIpc) is 3.25. The van der Waals surface area contributed by atoms with E-state index in [2.05, 4.69) is 10.4 Å². The molecule has 29 heavy (non-hydrogen) atoms. The summed E-state index contributed by atoms with van der Waals surface area (Å²) in [5.74, 6) is -0.0578. The molecule has 0 bridgehead atoms. The van der Waals surface area contributed by atoms with Crippen molar-refractivity contribution in [3.63, 3.8) is 0 Å². The summed E-state index contributed by atoms with van der Waals surface area (Å²) in [7, 11) is 0. The second kappa shape index (κ2) is 8.86. The van der Waals surface area contributed by atoms with Gasteiger partial charge in [0.25, 0.3) is 5.91 Å². The molecule has 1 aliphatic heterocycles. The minimum atomic E-state index is -0.0578. The lowest BCUT2D eigenvalue weighted by Crippen LogP contribution is -2.54. The van der Waals surface area contributed by atoms with Gasteiger partial charge in [0, 0.05) is 43.4 Å². The van der Waals surface area contributed by atoms with Gasteiger partial charge in [-0.05, 0) is 37.1 Å². The predicted molar refractivity (Wildman–Crippen MR) is 111 cm³/mol. The molecule has 2 aliphatic rings. The van der Waals surface area contributed by atoms with E-state index in [0.29, 0.717) is 42.8 Å². The molecular weight excluding hydrogens is 390 g/mol. The van der Waals surface area contributed by atoms with E-state index in [1.807, 2.05) is 17.0 Å². The summed E-state index contributed by atoms with van der Waals surface area (Å²) in [5.41, 5.74) is 1.39. The molecule has 0 atom stereocenters. The summed E-state index contributed by atoms with van der Waals surface area (Å²) in [4.78, 5) is 28.9. The van der Waals surface area contributed by atoms with Crippen LogP contribution in [0.2, 0.25) is 5.02 Å². The highest BCUT2D eigenvalue weighted by Gasteiger charge is 2.27. The minimum absolute atomic E-state index is 0.000410. The molecule has 3 amide bonds. The van der Waals surface area contributed by atoms with Crippen LogP contribution < -0.4 is 5.32 Å². The summed E-state index contributed by atoms with van der Waals surface area (Å²) in [6.45, 7) is 2.16. The number of carbonyl (C=O) groups is 2. The van der Waals surface area contributed by atoms with Crippen LogP contribution in [-0.2, 0) is 0 Å². The van der Waals surface area contributed by atoms with Gasteiger partial charge in [-0.2, -0.15) is 5.10 Å². The van der Waals surface area contributed by atoms with E-state index >= 15 is 0 Å². The highest BCUT2D eigenvalue weighted by molar-refractivity contribution is 6.30. The fourth-order valence-corrected chi connectivity index (χ4v) is 4.10. The highest BCUT2D eigenvalue weighted by Crippen LogP contribution is 2.18. The standard InChI is InChI=1S/C21H26ClN5O2/c22-17-6-8-19(9-7-17)27-15-16(14-23-27)20(28)25-10-12-26(13-11-25)21(29)24-18-4-2-1-3-5-18/h6-9,14-15,18H,1-5,10-13H2,(H,24,29). The summed E-state index contributed by atoms with van der Waals surface area (Å²) < 4.78 is 1.66. The fourth-order valence-electron chi connectivity index (χ4n) is 3.98. The van der Waals surface area contributed by atoms with Gasteiger partial charge in [-0.3, -0.25) is 4.79 Å². The average molecular weight is 416 g/mol. The van der Waals surface area contributed by atoms with Crippen molar-refractivity contribution in [2.45, 2.75) is 38.1 Å². The molecule has 0 spiro atoms. The molecule has 4 rings (SSSR count). The van der Waals surface area contributed by atoms with Crippen LogP contribution in [0.15, 0.2) is 36.7 Å². The zero-order valence-electron chi connectivity index (χ0n) is 16.4. The number of nitrogens with one attached hydrogen (secondary N) is 1. The number of amides is 3. The summed E-state index contributed by atoms with van der Waals surface area (Å²) in [6, 6.07) is 7.59. The van der Waals surface area contributed by atoms with Crippen LogP contribution in [0.5, 0.6) is 0 Å². The first-order valence-electron chi connectivity index (χ1n) is 10.3. The van der Waals surface area contributed by atoms with Crippen LogP contribution in [-0.4, -0.2) is 63.7 Å². The van der Waals surface area contributed by atoms with Crippen molar-refractivity contribution >= 4 is 23.5 Å². The Labute approximate surface area is 175 Å². The fraction of sp³-hybridized carbons (Fsp3) is 0.476. The number of benzene rings is 1. The number of urea groups is 1. The van der Waals surface area contributed by atoms with Crippen molar-refractivity contribution in [1.82, 2.24) is 24.9 Å². The topological polar surface area (TPSA) is 70.5 Å². The molecule has 8 heteroatoms. The van der Waals surface area contributed by atoms with Crippen LogP contribution in [0.1, 0.15) is 42.5 Å². The molecule has 2 heterocycles. The lowest BCUT2D eigenvalue weighted by molar-refractivity contribution is 0.0662. The normalized spacial score (nSPS) is 18.0. The molecule has 7 nitrogen and oxygen atoms in total. The molecule has 1 aromatic heterocycles. The quantitative estimate of drug-likeness (QED) is 0.835. The smallest absolute Gasteiger partial charge is 0.317 e. The van der Waals surface area contributed by atoms with E-state index in [4.69, 9.17) is 11.6 Å². The second-order valence-corrected chi connectivity index (χ2v) is 8.15. The maximum Gasteiger partial charge on any atom is 0.317 e. The van der Waals surface area contributed by atoms with Crippen LogP contribution in [0.25, 0.3) is 5.69 Å². The Bertz CT molecular complexity index is 852. The van der Waals surface area contributed by atoms with Crippen molar-refractivity contribution in [3.8, 4) is 5.69 Å². The van der Waals surface area contributed by atoms with E-state index in [1.54, 1.807) is 34.1 Å². The van der Waals surface area contributed by atoms with Gasteiger partial charge < -0.3 is 15.1 Å². The number of hydrogen-bond donors (Lipinski definition) is 1. The molecule has 2 aromatic rings. The summed E-state index contributed by atoms with van der Waals surface area (Å²) in [5, 5.41) is 8.10. The maximum absolute atomic E-state index is 12.8. The molecule has 1 aliphatic carbocycles. The van der Waals surface area contributed by atoms with Gasteiger partial charge in [0.05, 0.1) is 17.4 Å². The summed E-state index contributed by atoms with van der Waals surface area (Å²) >= 11 is 5.92. The van der Waals surface area contributed by atoms with Crippen molar-refractivity contribution < 1.29 is 9.59 Å². The Kier molecular flexibility index (Phi) is 6.04. The molecular formula is C21H26ClN5O2. The van der Waals surface area contributed by atoms with Crippen molar-refractivity contribution in [2.75, 3.05) is 26.2 Å². The Balaban J connectivity index is 1.31. The second-order valence-electron chi connectivity index (χ2n) is 7.71. The van der Waals surface area contributed by atoms with Gasteiger partial charge in [0.1, 0.15) is 0 Å². The molecule has 0 unspecified atom stereocenters. The number of halogens is 1. The third kappa shape index (κ3) is 4.72. The lowest BCUT2D eigenvalue weighted by Gasteiger charge is -2.35. The number of piperazine rings is 1. The van der Waals surface area contributed by atoms with Crippen LogP contribution in [0.3, 0.4) is 0 Å². The highest BCUT2D eigenvalue weighted by atomic mass is 35.5. The molecule has 0 radical (unpaired) electrons. The Morgan fingerprint density at radius 3 is 2.31 bits per heavy atom. The van der Waals surface area contributed by atoms with E-state index in [0.717, 1.165) is 18.5 Å². The lowest BCUT2D eigenvalue weighted by atomic mass is 9.96. The molecule has 1 aromatic carbocycles. The third-order valence-corrected chi connectivity index (χ3v) is 5.96. The van der Waals surface area contributed by atoms with Gasteiger partial charge in [-0.25, -0.2) is 9.48 Å². The first-order chi connectivity index (χ1) is 14.1. The van der Waals surface area contributed by atoms with E-state index in [1.165, 1.54) is 19.3 Å². The van der Waals surface area contributed by atoms with Crippen molar-refractivity contribution in [1.29, 1.82) is 0 Å². The molecule has 154 valence electrons. The van der Waals surface area contributed by atoms with Crippen LogP contribution in [0, 0.1) is 0 Å². The minimum Gasteiger partial charge on any atom is -0.335 e. The Morgan fingerprint density at radius 1 is 0.966 bits per heavy atom. The van der Waals surface area contributed by atoms with Crippen LogP contribution >= 0.6 is 11.6 Å². The molecule has 1 N–H and O–H groups in total. The number of nitrogens with zero attached hydrogens (tertiary/aromatic N) is 4. The number of hydrogen-bond acceptors (Lipinski definition) is 3. The van der Waals surface area contributed by atoms with Crippen molar-refractivity contribution in [3.05, 3.63) is 47.2 Å². The predicted octanol–water partition coefficient (Wildman–Crippen LogP) is 3.33. The molecule has 1 saturated heterocycles. The Morgan fingerprint density at radius 2 is 1.62 bits per heavy atom. The zero-order chi connectivity index (χ0) is 20.2. The van der Waals surface area contributed by atoms with Crippen molar-refractivity contribution in [2.24, 2.45) is 0 Å². The monoisotopic (exact) mass is 415 g/mol. The van der Waals surface area contributed by atoms with Gasteiger partial charge in [0.15, 0.2) is 0 Å². The largest absolute Gasteiger partial charge is 0.335 e. The van der Waals surface area contributed by atoms with Gasteiger partial charge in [-0.15, -0.1) is 0 Å². The third-order valence-electron chi connectivity index (χ3n) is 5.71. The SMILES string of the molecule is O=C(NC1CCCCC1)N1CCN(C(=O)c2cnn(-c3ccc(Cl)cc3)c2)CC1.